The average molecular weight is 480 g/mol. The van der Waals surface area contributed by atoms with Crippen LogP contribution in [0.25, 0.3) is 21.3 Å². The molecule has 3 fully saturated rings. The number of anilines is 2. The lowest BCUT2D eigenvalue weighted by Gasteiger charge is -2.37. The molecule has 8 nitrogen and oxygen atoms in total. The number of aromatic nitrogens is 2. The summed E-state index contributed by atoms with van der Waals surface area (Å²) in [6.45, 7) is 1.54. The van der Waals surface area contributed by atoms with Crippen LogP contribution in [0.15, 0.2) is 29.6 Å². The second-order valence-corrected chi connectivity index (χ2v) is 10.4. The van der Waals surface area contributed by atoms with Crippen molar-refractivity contribution in [1.29, 1.82) is 0 Å². The fourth-order valence-corrected chi connectivity index (χ4v) is 6.71. The summed E-state index contributed by atoms with van der Waals surface area (Å²) in [5, 5.41) is 19.6. The summed E-state index contributed by atoms with van der Waals surface area (Å²) < 4.78 is 5.62. The van der Waals surface area contributed by atoms with E-state index in [2.05, 4.69) is 20.9 Å². The van der Waals surface area contributed by atoms with E-state index in [0.29, 0.717) is 18.3 Å². The summed E-state index contributed by atoms with van der Waals surface area (Å²) in [6, 6.07) is 8.36. The van der Waals surface area contributed by atoms with Crippen LogP contribution < -0.4 is 20.3 Å². The van der Waals surface area contributed by atoms with Crippen LogP contribution in [0.1, 0.15) is 32.1 Å². The molecular formula is C25H29N5O3S. The highest BCUT2D eigenvalue weighted by atomic mass is 32.1. The number of hydrogen-bond acceptors (Lipinski definition) is 8. The molecular weight excluding hydrogens is 450 g/mol. The van der Waals surface area contributed by atoms with E-state index < -0.39 is 0 Å². The molecule has 3 aliphatic heterocycles. The van der Waals surface area contributed by atoms with Crippen LogP contribution in [0.3, 0.4) is 0 Å². The molecule has 2 bridgehead atoms. The first-order valence-electron chi connectivity index (χ1n) is 12.0. The van der Waals surface area contributed by atoms with Gasteiger partial charge in [-0.2, -0.15) is 4.98 Å². The van der Waals surface area contributed by atoms with Crippen LogP contribution in [0.5, 0.6) is 5.75 Å². The highest BCUT2D eigenvalue weighted by molar-refractivity contribution is 7.17. The summed E-state index contributed by atoms with van der Waals surface area (Å²) in [7, 11) is 1.67. The largest absolute Gasteiger partial charge is 0.496 e. The number of para-hydroxylation sites is 1. The number of fused-ring (bicyclic) bond motifs is 3. The molecule has 2 aromatic heterocycles. The van der Waals surface area contributed by atoms with Crippen molar-refractivity contribution in [3.63, 3.8) is 0 Å². The van der Waals surface area contributed by atoms with Crippen LogP contribution in [-0.2, 0) is 4.79 Å². The van der Waals surface area contributed by atoms with E-state index >= 15 is 0 Å². The van der Waals surface area contributed by atoms with Gasteiger partial charge < -0.3 is 25.4 Å². The maximum Gasteiger partial charge on any atom is 0.229 e. The standard InChI is InChI=1S/C25H29N5O3S/c1-33-20-5-3-2-4-18(20)19-13-34-24-21(19)22(27-23(32)14-8-9-26-12-14)28-25(29-24)30-15-6-7-16(30)11-17(31)10-15/h2-5,13-17,26,31H,6-12H2,1H3,(H,27,28,29,32). The first-order valence-corrected chi connectivity index (χ1v) is 12.9. The van der Waals surface area contributed by atoms with E-state index in [1.165, 1.54) is 0 Å². The van der Waals surface area contributed by atoms with Gasteiger partial charge in [0.25, 0.3) is 0 Å². The zero-order valence-corrected chi connectivity index (χ0v) is 20.0. The van der Waals surface area contributed by atoms with Crippen LogP contribution in [0.2, 0.25) is 0 Å². The van der Waals surface area contributed by atoms with E-state index in [9.17, 15) is 9.90 Å². The number of hydrogen-bond donors (Lipinski definition) is 3. The number of carbonyl (C=O) groups is 1. The zero-order chi connectivity index (χ0) is 23.2. The molecule has 3 aliphatic rings. The van der Waals surface area contributed by atoms with Crippen LogP contribution >= 0.6 is 11.3 Å². The lowest BCUT2D eigenvalue weighted by Crippen LogP contribution is -2.45. The van der Waals surface area contributed by atoms with Gasteiger partial charge in [-0.25, -0.2) is 4.98 Å². The summed E-state index contributed by atoms with van der Waals surface area (Å²) in [5.41, 5.74) is 1.91. The first kappa shape index (κ1) is 21.8. The van der Waals surface area contributed by atoms with E-state index in [1.807, 2.05) is 24.3 Å². The topological polar surface area (TPSA) is 99.6 Å². The number of carbonyl (C=O) groups excluding carboxylic acids is 1. The van der Waals surface area contributed by atoms with E-state index in [0.717, 1.165) is 65.7 Å². The monoisotopic (exact) mass is 479 g/mol. The Bertz CT molecular complexity index is 1210. The molecule has 0 spiro atoms. The molecule has 1 aromatic carbocycles. The number of ether oxygens (including phenoxy) is 1. The van der Waals surface area contributed by atoms with Gasteiger partial charge >= 0.3 is 0 Å². The van der Waals surface area contributed by atoms with Crippen molar-refractivity contribution in [1.82, 2.24) is 15.3 Å². The molecule has 34 heavy (non-hydrogen) atoms. The summed E-state index contributed by atoms with van der Waals surface area (Å²) in [6.07, 6.45) is 4.12. The number of thiophene rings is 1. The quantitative estimate of drug-likeness (QED) is 0.516. The number of piperidine rings is 1. The Labute approximate surface area is 202 Å². The lowest BCUT2D eigenvalue weighted by molar-refractivity contribution is -0.119. The molecule has 0 saturated carbocycles. The molecule has 3 unspecified atom stereocenters. The summed E-state index contributed by atoms with van der Waals surface area (Å²) in [5.74, 6) is 1.91. The predicted molar refractivity (Wildman–Crippen MR) is 134 cm³/mol. The van der Waals surface area contributed by atoms with Gasteiger partial charge in [0.2, 0.25) is 11.9 Å². The van der Waals surface area contributed by atoms with Gasteiger partial charge in [0, 0.05) is 35.1 Å². The molecule has 1 amide bonds. The third kappa shape index (κ3) is 3.72. The Kier molecular flexibility index (Phi) is 5.63. The fourth-order valence-electron chi connectivity index (χ4n) is 5.77. The Balaban J connectivity index is 1.47. The highest BCUT2D eigenvalue weighted by Crippen LogP contribution is 2.44. The Hall–Kier alpha value is -2.75. The SMILES string of the molecule is COc1ccccc1-c1csc2nc(N3C4CCC3CC(O)C4)nc(NC(=O)C3CCNC3)c12. The molecule has 3 aromatic rings. The summed E-state index contributed by atoms with van der Waals surface area (Å²) in [4.78, 5) is 26.2. The Morgan fingerprint density at radius 3 is 2.71 bits per heavy atom. The van der Waals surface area contributed by atoms with Gasteiger partial charge in [-0.05, 0) is 44.7 Å². The zero-order valence-electron chi connectivity index (χ0n) is 19.2. The second-order valence-electron chi connectivity index (χ2n) is 9.50. The molecule has 9 heteroatoms. The molecule has 3 atom stereocenters. The van der Waals surface area contributed by atoms with Gasteiger partial charge in [0.05, 0.1) is 24.5 Å². The molecule has 3 N–H and O–H groups in total. The van der Waals surface area contributed by atoms with Crippen molar-refractivity contribution in [2.45, 2.75) is 50.3 Å². The number of aliphatic hydroxyl groups excluding tert-OH is 1. The predicted octanol–water partition coefficient (Wildman–Crippen LogP) is 3.41. The lowest BCUT2D eigenvalue weighted by atomic mass is 10.0. The maximum atomic E-state index is 13.1. The van der Waals surface area contributed by atoms with Crippen molar-refractivity contribution in [2.24, 2.45) is 5.92 Å². The molecule has 5 heterocycles. The van der Waals surface area contributed by atoms with Crippen molar-refractivity contribution in [3.05, 3.63) is 29.6 Å². The van der Waals surface area contributed by atoms with Crippen molar-refractivity contribution < 1.29 is 14.6 Å². The highest BCUT2D eigenvalue weighted by Gasteiger charge is 2.42. The van der Waals surface area contributed by atoms with Crippen LogP contribution in [0.4, 0.5) is 11.8 Å². The van der Waals surface area contributed by atoms with Crippen molar-refractivity contribution in [3.8, 4) is 16.9 Å². The second kappa shape index (κ2) is 8.79. The maximum absolute atomic E-state index is 13.1. The Morgan fingerprint density at radius 2 is 1.97 bits per heavy atom. The van der Waals surface area contributed by atoms with Gasteiger partial charge in [0.15, 0.2) is 0 Å². The van der Waals surface area contributed by atoms with Gasteiger partial charge in [-0.3, -0.25) is 4.79 Å². The van der Waals surface area contributed by atoms with Crippen molar-refractivity contribution >= 4 is 39.2 Å². The number of aliphatic hydroxyl groups is 1. The molecule has 3 saturated heterocycles. The number of benzene rings is 1. The fraction of sp³-hybridized carbons (Fsp3) is 0.480. The number of rotatable bonds is 5. The molecule has 0 radical (unpaired) electrons. The van der Waals surface area contributed by atoms with Gasteiger partial charge in [0.1, 0.15) is 16.4 Å². The normalized spacial score (nSPS) is 26.2. The van der Waals surface area contributed by atoms with Crippen molar-refractivity contribution in [2.75, 3.05) is 30.4 Å². The van der Waals surface area contributed by atoms with E-state index in [-0.39, 0.29) is 30.0 Å². The van der Waals surface area contributed by atoms with Gasteiger partial charge in [-0.15, -0.1) is 11.3 Å². The van der Waals surface area contributed by atoms with Crippen LogP contribution in [0, 0.1) is 5.92 Å². The number of nitrogens with zero attached hydrogens (tertiary/aromatic N) is 3. The minimum Gasteiger partial charge on any atom is -0.496 e. The van der Waals surface area contributed by atoms with Crippen LogP contribution in [-0.4, -0.2) is 59.4 Å². The average Bonchev–Trinajstić information content (AvgIpc) is 3.57. The van der Waals surface area contributed by atoms with Gasteiger partial charge in [-0.1, -0.05) is 18.2 Å². The number of amides is 1. The number of nitrogens with one attached hydrogen (secondary N) is 2. The minimum atomic E-state index is -0.259. The number of methoxy groups -OCH3 is 1. The third-order valence-corrected chi connectivity index (χ3v) is 8.30. The van der Waals surface area contributed by atoms with E-state index in [1.54, 1.807) is 18.4 Å². The first-order chi connectivity index (χ1) is 16.6. The smallest absolute Gasteiger partial charge is 0.229 e. The minimum absolute atomic E-state index is 0.00911. The molecule has 6 rings (SSSR count). The molecule has 178 valence electrons. The Morgan fingerprint density at radius 1 is 1.18 bits per heavy atom. The third-order valence-electron chi connectivity index (χ3n) is 7.43. The molecule has 0 aliphatic carbocycles. The van der Waals surface area contributed by atoms with E-state index in [4.69, 9.17) is 14.7 Å². The summed E-state index contributed by atoms with van der Waals surface area (Å²) >= 11 is 1.56.